The van der Waals surface area contributed by atoms with Crippen molar-refractivity contribution in [2.75, 3.05) is 7.05 Å². The summed E-state index contributed by atoms with van der Waals surface area (Å²) in [6.07, 6.45) is 1.89. The number of hydrogen-bond donors (Lipinski definition) is 1. The first-order valence-corrected chi connectivity index (χ1v) is 5.92. The molecule has 0 unspecified atom stereocenters. The van der Waals surface area contributed by atoms with Crippen LogP contribution < -0.4 is 5.73 Å². The third-order valence-corrected chi connectivity index (χ3v) is 2.77. The molecule has 0 heterocycles. The summed E-state index contributed by atoms with van der Waals surface area (Å²) in [4.78, 5) is 24.3. The van der Waals surface area contributed by atoms with Gasteiger partial charge in [-0.15, -0.1) is 0 Å². The minimum Gasteiger partial charge on any atom is -0.369 e. The highest BCUT2D eigenvalue weighted by atomic mass is 16.2. The zero-order chi connectivity index (χ0) is 13.5. The van der Waals surface area contributed by atoms with E-state index in [1.165, 1.54) is 6.42 Å². The van der Waals surface area contributed by atoms with E-state index in [1.807, 2.05) is 30.3 Å². The lowest BCUT2D eigenvalue weighted by atomic mass is 10.0. The lowest BCUT2D eigenvalue weighted by Gasteiger charge is -2.17. The second-order valence-electron chi connectivity index (χ2n) is 4.42. The highest BCUT2D eigenvalue weighted by molar-refractivity contribution is 5.85. The molecular formula is C14H19N2O2. The van der Waals surface area contributed by atoms with Gasteiger partial charge in [0, 0.05) is 19.5 Å². The molecule has 1 aromatic carbocycles. The van der Waals surface area contributed by atoms with Crippen molar-refractivity contribution in [3.63, 3.8) is 0 Å². The second kappa shape index (κ2) is 6.79. The molecule has 2 N–H and O–H groups in total. The van der Waals surface area contributed by atoms with Crippen molar-refractivity contribution in [3.8, 4) is 0 Å². The van der Waals surface area contributed by atoms with Crippen LogP contribution in [0.2, 0.25) is 0 Å². The number of amides is 2. The van der Waals surface area contributed by atoms with E-state index in [0.29, 0.717) is 13.0 Å². The molecule has 1 atom stereocenters. The first kappa shape index (κ1) is 14.2. The summed E-state index contributed by atoms with van der Waals surface area (Å²) < 4.78 is 0. The third-order valence-electron chi connectivity index (χ3n) is 2.77. The summed E-state index contributed by atoms with van der Waals surface area (Å²) in [7, 11) is 1.74. The van der Waals surface area contributed by atoms with Gasteiger partial charge in [-0.3, -0.25) is 9.59 Å². The zero-order valence-corrected chi connectivity index (χ0v) is 10.8. The van der Waals surface area contributed by atoms with Crippen molar-refractivity contribution in [2.24, 2.45) is 11.7 Å². The quantitative estimate of drug-likeness (QED) is 0.825. The SMILES string of the molecule is C[C@@H](C[CH]C(=O)N(C)Cc1ccccc1)C(N)=O. The van der Waals surface area contributed by atoms with Gasteiger partial charge in [-0.05, 0) is 12.0 Å². The van der Waals surface area contributed by atoms with E-state index in [-0.39, 0.29) is 17.7 Å². The van der Waals surface area contributed by atoms with Gasteiger partial charge < -0.3 is 10.6 Å². The smallest absolute Gasteiger partial charge is 0.226 e. The van der Waals surface area contributed by atoms with Gasteiger partial charge in [-0.1, -0.05) is 37.3 Å². The molecule has 0 aliphatic carbocycles. The van der Waals surface area contributed by atoms with Crippen molar-refractivity contribution >= 4 is 11.8 Å². The van der Waals surface area contributed by atoms with Gasteiger partial charge in [0.25, 0.3) is 0 Å². The number of benzene rings is 1. The van der Waals surface area contributed by atoms with Crippen LogP contribution in [-0.4, -0.2) is 23.8 Å². The van der Waals surface area contributed by atoms with Crippen molar-refractivity contribution in [1.29, 1.82) is 0 Å². The molecule has 4 nitrogen and oxygen atoms in total. The molecule has 0 bridgehead atoms. The van der Waals surface area contributed by atoms with Gasteiger partial charge in [0.1, 0.15) is 0 Å². The summed E-state index contributed by atoms with van der Waals surface area (Å²) in [5, 5.41) is 0. The minimum absolute atomic E-state index is 0.0908. The number of primary amides is 1. The van der Waals surface area contributed by atoms with Gasteiger partial charge in [-0.2, -0.15) is 0 Å². The molecule has 1 radical (unpaired) electrons. The topological polar surface area (TPSA) is 63.4 Å². The van der Waals surface area contributed by atoms with Gasteiger partial charge >= 0.3 is 0 Å². The summed E-state index contributed by atoms with van der Waals surface area (Å²) >= 11 is 0. The second-order valence-corrected chi connectivity index (χ2v) is 4.42. The van der Waals surface area contributed by atoms with Crippen LogP contribution >= 0.6 is 0 Å². The maximum absolute atomic E-state index is 11.8. The number of carbonyl (C=O) groups is 2. The first-order chi connectivity index (χ1) is 8.50. The fourth-order valence-electron chi connectivity index (χ4n) is 1.48. The molecule has 0 aromatic heterocycles. The van der Waals surface area contributed by atoms with Gasteiger partial charge in [-0.25, -0.2) is 0 Å². The molecule has 1 rings (SSSR count). The number of rotatable bonds is 6. The molecule has 4 heteroatoms. The van der Waals surface area contributed by atoms with E-state index in [9.17, 15) is 9.59 Å². The van der Waals surface area contributed by atoms with Crippen molar-refractivity contribution in [1.82, 2.24) is 4.90 Å². The maximum Gasteiger partial charge on any atom is 0.226 e. The average Bonchev–Trinajstić information content (AvgIpc) is 2.36. The average molecular weight is 247 g/mol. The predicted molar refractivity (Wildman–Crippen MR) is 70.2 cm³/mol. The van der Waals surface area contributed by atoms with Crippen molar-refractivity contribution < 1.29 is 9.59 Å². The Labute approximate surface area is 108 Å². The zero-order valence-electron chi connectivity index (χ0n) is 10.8. The lowest BCUT2D eigenvalue weighted by molar-refractivity contribution is -0.127. The highest BCUT2D eigenvalue weighted by Crippen LogP contribution is 2.08. The minimum atomic E-state index is -0.384. The first-order valence-electron chi connectivity index (χ1n) is 5.92. The van der Waals surface area contributed by atoms with E-state index in [1.54, 1.807) is 18.9 Å². The molecule has 1 aromatic rings. The van der Waals surface area contributed by atoms with Crippen molar-refractivity contribution in [3.05, 3.63) is 42.3 Å². The van der Waals surface area contributed by atoms with E-state index in [0.717, 1.165) is 5.56 Å². The molecule has 0 spiro atoms. The van der Waals surface area contributed by atoms with E-state index < -0.39 is 0 Å². The normalized spacial score (nSPS) is 11.9. The Bertz CT molecular complexity index is 404. The summed E-state index contributed by atoms with van der Waals surface area (Å²) in [6, 6.07) is 9.75. The number of nitrogens with zero attached hydrogens (tertiary/aromatic N) is 1. The fraction of sp³-hybridized carbons (Fsp3) is 0.357. The predicted octanol–water partition coefficient (Wildman–Crippen LogP) is 1.36. The standard InChI is InChI=1S/C14H19N2O2/c1-11(14(15)18)8-9-13(17)16(2)10-12-6-4-3-5-7-12/h3-7,9,11H,8,10H2,1-2H3,(H2,15,18)/t11-/m0/s1. The van der Waals surface area contributed by atoms with E-state index >= 15 is 0 Å². The lowest BCUT2D eigenvalue weighted by Crippen LogP contribution is -2.28. The molecule has 0 fully saturated rings. The molecule has 0 aliphatic rings. The number of hydrogen-bond acceptors (Lipinski definition) is 2. The monoisotopic (exact) mass is 247 g/mol. The van der Waals surface area contributed by atoms with E-state index in [4.69, 9.17) is 5.73 Å². The summed E-state index contributed by atoms with van der Waals surface area (Å²) in [5.41, 5.74) is 6.21. The molecule has 0 aliphatic heterocycles. The molecule has 0 saturated heterocycles. The molecule has 97 valence electrons. The van der Waals surface area contributed by atoms with Crippen LogP contribution in [0.3, 0.4) is 0 Å². The van der Waals surface area contributed by atoms with Crippen LogP contribution in [-0.2, 0) is 16.1 Å². The Balaban J connectivity index is 2.40. The van der Waals surface area contributed by atoms with Crippen LogP contribution in [0.4, 0.5) is 0 Å². The van der Waals surface area contributed by atoms with Gasteiger partial charge in [0.2, 0.25) is 11.8 Å². The Morgan fingerprint density at radius 2 is 1.94 bits per heavy atom. The van der Waals surface area contributed by atoms with Crippen LogP contribution in [0.1, 0.15) is 18.9 Å². The molecular weight excluding hydrogens is 228 g/mol. The van der Waals surface area contributed by atoms with Gasteiger partial charge in [0.05, 0.1) is 6.42 Å². The van der Waals surface area contributed by atoms with Crippen LogP contribution in [0, 0.1) is 12.3 Å². The maximum atomic E-state index is 11.8. The largest absolute Gasteiger partial charge is 0.369 e. The Morgan fingerprint density at radius 3 is 2.50 bits per heavy atom. The van der Waals surface area contributed by atoms with Crippen LogP contribution in [0.5, 0.6) is 0 Å². The summed E-state index contributed by atoms with van der Waals surface area (Å²) in [6.45, 7) is 2.27. The Kier molecular flexibility index (Phi) is 5.36. The van der Waals surface area contributed by atoms with Gasteiger partial charge in [0.15, 0.2) is 0 Å². The Morgan fingerprint density at radius 1 is 1.33 bits per heavy atom. The van der Waals surface area contributed by atoms with Crippen LogP contribution in [0.25, 0.3) is 0 Å². The van der Waals surface area contributed by atoms with Crippen molar-refractivity contribution in [2.45, 2.75) is 19.9 Å². The van der Waals surface area contributed by atoms with Crippen LogP contribution in [0.15, 0.2) is 30.3 Å². The Hall–Kier alpha value is -1.84. The number of nitrogens with two attached hydrogens (primary N) is 1. The summed E-state index contributed by atoms with van der Waals surface area (Å²) in [5.74, 6) is -0.782. The fourth-order valence-corrected chi connectivity index (χ4v) is 1.48. The highest BCUT2D eigenvalue weighted by Gasteiger charge is 2.14. The molecule has 2 amide bonds. The molecule has 18 heavy (non-hydrogen) atoms. The number of carbonyl (C=O) groups excluding carboxylic acids is 2. The third kappa shape index (κ3) is 4.57. The molecule has 0 saturated carbocycles. The van der Waals surface area contributed by atoms with E-state index in [2.05, 4.69) is 0 Å².